The standard InChI is InChI=1S/C22H19NO5/c24-21(23-18-8-4-7-17(13-18)22(25)26)15-28-20-11-9-19(10-12-20)27-14-16-5-2-1-3-6-16/h1-13H,14-15H2,(H,23,24)(H,25,26). The number of aromatic carboxylic acids is 1. The molecule has 2 N–H and O–H groups in total. The summed E-state index contributed by atoms with van der Waals surface area (Å²) in [7, 11) is 0. The summed E-state index contributed by atoms with van der Waals surface area (Å²) in [5, 5.41) is 11.6. The zero-order valence-electron chi connectivity index (χ0n) is 15.0. The number of hydrogen-bond acceptors (Lipinski definition) is 4. The smallest absolute Gasteiger partial charge is 0.335 e. The van der Waals surface area contributed by atoms with Crippen molar-refractivity contribution >= 4 is 17.6 Å². The molecule has 3 rings (SSSR count). The summed E-state index contributed by atoms with van der Waals surface area (Å²) in [6.45, 7) is 0.278. The van der Waals surface area contributed by atoms with Gasteiger partial charge in [-0.25, -0.2) is 4.79 Å². The molecule has 0 fully saturated rings. The zero-order chi connectivity index (χ0) is 19.8. The lowest BCUT2D eigenvalue weighted by Crippen LogP contribution is -2.20. The maximum atomic E-state index is 12.0. The van der Waals surface area contributed by atoms with Gasteiger partial charge in [-0.1, -0.05) is 36.4 Å². The van der Waals surface area contributed by atoms with Crippen LogP contribution in [0.2, 0.25) is 0 Å². The molecule has 0 aliphatic heterocycles. The van der Waals surface area contributed by atoms with Gasteiger partial charge in [-0.05, 0) is 48.0 Å². The zero-order valence-corrected chi connectivity index (χ0v) is 15.0. The van der Waals surface area contributed by atoms with Crippen LogP contribution in [0.15, 0.2) is 78.9 Å². The number of rotatable bonds is 8. The molecule has 3 aromatic rings. The Morgan fingerprint density at radius 2 is 1.50 bits per heavy atom. The first-order valence-corrected chi connectivity index (χ1v) is 8.63. The first-order valence-electron chi connectivity index (χ1n) is 8.63. The van der Waals surface area contributed by atoms with Crippen LogP contribution < -0.4 is 14.8 Å². The molecule has 0 radical (unpaired) electrons. The molecule has 0 bridgehead atoms. The van der Waals surface area contributed by atoms with E-state index in [9.17, 15) is 9.59 Å². The van der Waals surface area contributed by atoms with E-state index >= 15 is 0 Å². The quantitative estimate of drug-likeness (QED) is 0.620. The largest absolute Gasteiger partial charge is 0.489 e. The average Bonchev–Trinajstić information content (AvgIpc) is 2.72. The van der Waals surface area contributed by atoms with Crippen LogP contribution in [0.1, 0.15) is 15.9 Å². The van der Waals surface area contributed by atoms with Crippen LogP contribution in [0.25, 0.3) is 0 Å². The van der Waals surface area contributed by atoms with Crippen LogP contribution in [0.3, 0.4) is 0 Å². The molecular weight excluding hydrogens is 358 g/mol. The molecule has 142 valence electrons. The van der Waals surface area contributed by atoms with Gasteiger partial charge in [-0.15, -0.1) is 0 Å². The predicted molar refractivity (Wildman–Crippen MR) is 105 cm³/mol. The third kappa shape index (κ3) is 5.60. The SMILES string of the molecule is O=C(COc1ccc(OCc2ccccc2)cc1)Nc1cccc(C(=O)O)c1. The van der Waals surface area contributed by atoms with Crippen LogP contribution >= 0.6 is 0 Å². The first kappa shape index (κ1) is 19.0. The van der Waals surface area contributed by atoms with Crippen LogP contribution in [0.4, 0.5) is 5.69 Å². The molecule has 6 nitrogen and oxygen atoms in total. The Kier molecular flexibility index (Phi) is 6.25. The highest BCUT2D eigenvalue weighted by atomic mass is 16.5. The van der Waals surface area contributed by atoms with Gasteiger partial charge in [0, 0.05) is 5.69 Å². The van der Waals surface area contributed by atoms with Crippen molar-refractivity contribution < 1.29 is 24.2 Å². The van der Waals surface area contributed by atoms with E-state index < -0.39 is 5.97 Å². The number of carbonyl (C=O) groups is 2. The van der Waals surface area contributed by atoms with Gasteiger partial charge in [0.25, 0.3) is 5.91 Å². The van der Waals surface area contributed by atoms with Crippen molar-refractivity contribution in [2.75, 3.05) is 11.9 Å². The Morgan fingerprint density at radius 3 is 2.18 bits per heavy atom. The fourth-order valence-electron chi connectivity index (χ4n) is 2.45. The highest BCUT2D eigenvalue weighted by Gasteiger charge is 2.07. The van der Waals surface area contributed by atoms with Crippen molar-refractivity contribution in [3.63, 3.8) is 0 Å². The molecule has 6 heteroatoms. The fraction of sp³-hybridized carbons (Fsp3) is 0.0909. The number of carboxylic acids is 1. The Morgan fingerprint density at radius 1 is 0.821 bits per heavy atom. The Balaban J connectivity index is 1.47. The van der Waals surface area contributed by atoms with E-state index in [1.54, 1.807) is 36.4 Å². The summed E-state index contributed by atoms with van der Waals surface area (Å²) < 4.78 is 11.2. The van der Waals surface area contributed by atoms with Gasteiger partial charge in [0.1, 0.15) is 18.1 Å². The maximum absolute atomic E-state index is 12.0. The third-order valence-electron chi connectivity index (χ3n) is 3.84. The van der Waals surface area contributed by atoms with E-state index in [1.165, 1.54) is 12.1 Å². The monoisotopic (exact) mass is 377 g/mol. The number of nitrogens with one attached hydrogen (secondary N) is 1. The second-order valence-corrected chi connectivity index (χ2v) is 5.97. The Labute approximate surface area is 162 Å². The van der Waals surface area contributed by atoms with E-state index in [-0.39, 0.29) is 18.1 Å². The number of anilines is 1. The number of ether oxygens (including phenoxy) is 2. The van der Waals surface area contributed by atoms with Crippen LogP contribution in [0, 0.1) is 0 Å². The normalized spacial score (nSPS) is 10.1. The number of benzene rings is 3. The average molecular weight is 377 g/mol. The van der Waals surface area contributed by atoms with Gasteiger partial charge in [0.05, 0.1) is 5.56 Å². The molecule has 0 atom stereocenters. The van der Waals surface area contributed by atoms with Crippen LogP contribution in [0.5, 0.6) is 11.5 Å². The van der Waals surface area contributed by atoms with Gasteiger partial charge in [0.15, 0.2) is 6.61 Å². The second-order valence-electron chi connectivity index (χ2n) is 5.97. The minimum atomic E-state index is -1.05. The minimum absolute atomic E-state index is 0.102. The number of amides is 1. The molecule has 1 amide bonds. The van der Waals surface area contributed by atoms with Crippen molar-refractivity contribution in [1.82, 2.24) is 0 Å². The number of carboxylic acid groups (broad SMARTS) is 1. The molecular formula is C22H19NO5. The molecule has 0 aliphatic carbocycles. The molecule has 0 heterocycles. The van der Waals surface area contributed by atoms with Gasteiger partial charge in [-0.2, -0.15) is 0 Å². The van der Waals surface area contributed by atoms with Crippen molar-refractivity contribution in [1.29, 1.82) is 0 Å². The van der Waals surface area contributed by atoms with Crippen molar-refractivity contribution in [3.05, 3.63) is 90.0 Å². The molecule has 0 spiro atoms. The van der Waals surface area contributed by atoms with Crippen molar-refractivity contribution in [3.8, 4) is 11.5 Å². The van der Waals surface area contributed by atoms with Gasteiger partial charge in [-0.3, -0.25) is 4.79 Å². The van der Waals surface area contributed by atoms with E-state index in [0.29, 0.717) is 23.8 Å². The van der Waals surface area contributed by atoms with Crippen LogP contribution in [-0.2, 0) is 11.4 Å². The van der Waals surface area contributed by atoms with E-state index in [0.717, 1.165) is 5.56 Å². The molecule has 0 aliphatic rings. The summed E-state index contributed by atoms with van der Waals surface area (Å²) in [6, 6.07) is 22.8. The van der Waals surface area contributed by atoms with Crippen molar-refractivity contribution in [2.45, 2.75) is 6.61 Å². The summed E-state index contributed by atoms with van der Waals surface area (Å²) >= 11 is 0. The van der Waals surface area contributed by atoms with E-state index in [1.807, 2.05) is 30.3 Å². The number of carbonyl (C=O) groups excluding carboxylic acids is 1. The lowest BCUT2D eigenvalue weighted by atomic mass is 10.2. The Bertz CT molecular complexity index is 939. The van der Waals surface area contributed by atoms with Gasteiger partial charge in [0.2, 0.25) is 0 Å². The maximum Gasteiger partial charge on any atom is 0.335 e. The molecule has 0 saturated heterocycles. The second kappa shape index (κ2) is 9.23. The summed E-state index contributed by atoms with van der Waals surface area (Å²) in [5.74, 6) is -0.207. The highest BCUT2D eigenvalue weighted by Crippen LogP contribution is 2.19. The number of hydrogen-bond donors (Lipinski definition) is 2. The third-order valence-corrected chi connectivity index (χ3v) is 3.84. The van der Waals surface area contributed by atoms with Crippen LogP contribution in [-0.4, -0.2) is 23.6 Å². The highest BCUT2D eigenvalue weighted by molar-refractivity contribution is 5.94. The van der Waals surface area contributed by atoms with E-state index in [4.69, 9.17) is 14.6 Å². The summed E-state index contributed by atoms with van der Waals surface area (Å²) in [5.41, 5.74) is 1.58. The molecule has 3 aromatic carbocycles. The fourth-order valence-corrected chi connectivity index (χ4v) is 2.45. The topological polar surface area (TPSA) is 84.9 Å². The molecule has 0 unspecified atom stereocenters. The predicted octanol–water partition coefficient (Wildman–Crippen LogP) is 3.98. The molecule has 0 aromatic heterocycles. The molecule has 0 saturated carbocycles. The lowest BCUT2D eigenvalue weighted by molar-refractivity contribution is -0.118. The lowest BCUT2D eigenvalue weighted by Gasteiger charge is -2.09. The minimum Gasteiger partial charge on any atom is -0.489 e. The van der Waals surface area contributed by atoms with Gasteiger partial charge >= 0.3 is 5.97 Å². The van der Waals surface area contributed by atoms with Gasteiger partial charge < -0.3 is 19.9 Å². The van der Waals surface area contributed by atoms with Crippen molar-refractivity contribution in [2.24, 2.45) is 0 Å². The van der Waals surface area contributed by atoms with E-state index in [2.05, 4.69) is 5.32 Å². The summed E-state index contributed by atoms with van der Waals surface area (Å²) in [6.07, 6.45) is 0. The Hall–Kier alpha value is -3.80. The summed E-state index contributed by atoms with van der Waals surface area (Å²) in [4.78, 5) is 22.9. The molecule has 28 heavy (non-hydrogen) atoms. The first-order chi connectivity index (χ1) is 13.6.